The second-order valence-corrected chi connectivity index (χ2v) is 4.09. The molecule has 0 saturated heterocycles. The maximum Gasteiger partial charge on any atom is 0.326 e. The van der Waals surface area contributed by atoms with E-state index in [0.717, 1.165) is 10.0 Å². The summed E-state index contributed by atoms with van der Waals surface area (Å²) in [5.74, 6) is -0.838. The Kier molecular flexibility index (Phi) is 2.87. The third-order valence-corrected chi connectivity index (χ3v) is 2.85. The van der Waals surface area contributed by atoms with Crippen molar-refractivity contribution in [2.75, 3.05) is 11.9 Å². The Morgan fingerprint density at radius 2 is 2.38 bits per heavy atom. The zero-order valence-electron chi connectivity index (χ0n) is 7.81. The molecule has 0 bridgehead atoms. The number of anilines is 1. The molecule has 5 heteroatoms. The van der Waals surface area contributed by atoms with Crippen LogP contribution in [0.25, 0.3) is 0 Å². The van der Waals surface area contributed by atoms with Gasteiger partial charge in [0.1, 0.15) is 6.04 Å². The smallest absolute Gasteiger partial charge is 0.326 e. The average Bonchev–Trinajstić information content (AvgIpc) is 2.49. The van der Waals surface area contributed by atoms with Crippen LogP contribution in [0.15, 0.2) is 6.20 Å². The number of hydrogen-bond donors (Lipinski definition) is 1. The first-order chi connectivity index (χ1) is 6.02. The number of carbonyl (C=O) groups is 1. The standard InChI is InChI=1S/C8H12N2O2S/c1-5-4-9-8(13-5)10(3)6(2)7(11)12/h4,6H,1-3H3,(H,11,12). The molecular formula is C8H12N2O2S. The highest BCUT2D eigenvalue weighted by atomic mass is 32.1. The van der Waals surface area contributed by atoms with Crippen molar-refractivity contribution in [1.82, 2.24) is 4.98 Å². The van der Waals surface area contributed by atoms with Crippen LogP contribution in [-0.2, 0) is 4.79 Å². The van der Waals surface area contributed by atoms with Gasteiger partial charge in [-0.2, -0.15) is 0 Å². The number of nitrogens with zero attached hydrogens (tertiary/aromatic N) is 2. The molecular weight excluding hydrogens is 188 g/mol. The minimum absolute atomic E-state index is 0.537. The molecule has 1 N–H and O–H groups in total. The van der Waals surface area contributed by atoms with Crippen molar-refractivity contribution < 1.29 is 9.90 Å². The van der Waals surface area contributed by atoms with Gasteiger partial charge >= 0.3 is 5.97 Å². The van der Waals surface area contributed by atoms with E-state index in [9.17, 15) is 4.79 Å². The van der Waals surface area contributed by atoms with E-state index in [1.54, 1.807) is 25.1 Å². The van der Waals surface area contributed by atoms with E-state index >= 15 is 0 Å². The van der Waals surface area contributed by atoms with Crippen molar-refractivity contribution in [2.24, 2.45) is 0 Å². The fourth-order valence-electron chi connectivity index (χ4n) is 0.837. The highest BCUT2D eigenvalue weighted by molar-refractivity contribution is 7.15. The Morgan fingerprint density at radius 3 is 2.77 bits per heavy atom. The molecule has 0 aliphatic carbocycles. The summed E-state index contributed by atoms with van der Waals surface area (Å²) in [7, 11) is 1.73. The molecule has 0 amide bonds. The molecule has 13 heavy (non-hydrogen) atoms. The van der Waals surface area contributed by atoms with E-state index in [2.05, 4.69) is 4.98 Å². The van der Waals surface area contributed by atoms with Crippen molar-refractivity contribution in [3.63, 3.8) is 0 Å². The van der Waals surface area contributed by atoms with Gasteiger partial charge in [0.05, 0.1) is 0 Å². The molecule has 1 unspecified atom stereocenters. The first kappa shape index (κ1) is 9.98. The van der Waals surface area contributed by atoms with E-state index in [1.807, 2.05) is 6.92 Å². The van der Waals surface area contributed by atoms with Crippen molar-refractivity contribution in [3.05, 3.63) is 11.1 Å². The molecule has 0 aliphatic rings. The lowest BCUT2D eigenvalue weighted by Crippen LogP contribution is -2.35. The molecule has 0 spiro atoms. The van der Waals surface area contributed by atoms with Gasteiger partial charge < -0.3 is 10.0 Å². The van der Waals surface area contributed by atoms with Gasteiger partial charge in [-0.05, 0) is 13.8 Å². The lowest BCUT2D eigenvalue weighted by Gasteiger charge is -2.19. The van der Waals surface area contributed by atoms with E-state index in [1.165, 1.54) is 11.3 Å². The summed E-state index contributed by atoms with van der Waals surface area (Å²) < 4.78 is 0. The van der Waals surface area contributed by atoms with Gasteiger partial charge in [0, 0.05) is 18.1 Å². The molecule has 1 atom stereocenters. The third kappa shape index (κ3) is 2.18. The number of likely N-dealkylation sites (N-methyl/N-ethyl adjacent to an activating group) is 1. The van der Waals surface area contributed by atoms with Crippen molar-refractivity contribution >= 4 is 22.4 Å². The lowest BCUT2D eigenvalue weighted by atomic mass is 10.3. The van der Waals surface area contributed by atoms with Crippen molar-refractivity contribution in [3.8, 4) is 0 Å². The van der Waals surface area contributed by atoms with E-state index < -0.39 is 12.0 Å². The number of aryl methyl sites for hydroxylation is 1. The zero-order chi connectivity index (χ0) is 10.0. The van der Waals surface area contributed by atoms with Crippen LogP contribution in [-0.4, -0.2) is 29.1 Å². The molecule has 1 aromatic heterocycles. The zero-order valence-corrected chi connectivity index (χ0v) is 8.63. The highest BCUT2D eigenvalue weighted by Gasteiger charge is 2.18. The van der Waals surface area contributed by atoms with E-state index in [0.29, 0.717) is 0 Å². The van der Waals surface area contributed by atoms with Crippen LogP contribution >= 0.6 is 11.3 Å². The number of aromatic nitrogens is 1. The summed E-state index contributed by atoms with van der Waals surface area (Å²) >= 11 is 1.49. The van der Waals surface area contributed by atoms with Gasteiger partial charge in [-0.25, -0.2) is 9.78 Å². The maximum atomic E-state index is 10.7. The fourth-order valence-corrected chi connectivity index (χ4v) is 1.64. The van der Waals surface area contributed by atoms with Crippen LogP contribution in [0.3, 0.4) is 0 Å². The van der Waals surface area contributed by atoms with Crippen LogP contribution in [0.1, 0.15) is 11.8 Å². The van der Waals surface area contributed by atoms with Gasteiger partial charge in [0.2, 0.25) is 0 Å². The predicted octanol–water partition coefficient (Wildman–Crippen LogP) is 1.36. The summed E-state index contributed by atoms with van der Waals surface area (Å²) in [4.78, 5) is 17.5. The summed E-state index contributed by atoms with van der Waals surface area (Å²) in [6, 6.07) is -0.537. The molecule has 0 fully saturated rings. The maximum absolute atomic E-state index is 10.7. The normalized spacial score (nSPS) is 12.5. The SMILES string of the molecule is Cc1cnc(N(C)C(C)C(=O)O)s1. The second kappa shape index (κ2) is 3.74. The Hall–Kier alpha value is -1.10. The molecule has 1 aromatic rings. The van der Waals surface area contributed by atoms with Crippen LogP contribution in [0.5, 0.6) is 0 Å². The Balaban J connectivity index is 2.78. The van der Waals surface area contributed by atoms with Crippen LogP contribution in [0, 0.1) is 6.92 Å². The van der Waals surface area contributed by atoms with Crippen LogP contribution in [0.2, 0.25) is 0 Å². The molecule has 0 radical (unpaired) electrons. The molecule has 1 rings (SSSR count). The molecule has 0 saturated carbocycles. The minimum Gasteiger partial charge on any atom is -0.480 e. The van der Waals surface area contributed by atoms with Gasteiger partial charge in [0.25, 0.3) is 0 Å². The fraction of sp³-hybridized carbons (Fsp3) is 0.500. The minimum atomic E-state index is -0.838. The predicted molar refractivity (Wildman–Crippen MR) is 52.4 cm³/mol. The van der Waals surface area contributed by atoms with E-state index in [-0.39, 0.29) is 0 Å². The first-order valence-corrected chi connectivity index (χ1v) is 4.72. The molecule has 0 aromatic carbocycles. The quantitative estimate of drug-likeness (QED) is 0.800. The monoisotopic (exact) mass is 200 g/mol. The van der Waals surface area contributed by atoms with Crippen molar-refractivity contribution in [2.45, 2.75) is 19.9 Å². The summed E-state index contributed by atoms with van der Waals surface area (Å²) in [5.41, 5.74) is 0. The Bertz CT molecular complexity index is 311. The van der Waals surface area contributed by atoms with Gasteiger partial charge in [-0.15, -0.1) is 11.3 Å². The third-order valence-electron chi connectivity index (χ3n) is 1.85. The van der Waals surface area contributed by atoms with Crippen molar-refractivity contribution in [1.29, 1.82) is 0 Å². The average molecular weight is 200 g/mol. The van der Waals surface area contributed by atoms with Crippen LogP contribution < -0.4 is 4.90 Å². The number of carboxylic acid groups (broad SMARTS) is 1. The number of carboxylic acids is 1. The first-order valence-electron chi connectivity index (χ1n) is 3.90. The van der Waals surface area contributed by atoms with Crippen LogP contribution in [0.4, 0.5) is 5.13 Å². The topological polar surface area (TPSA) is 53.4 Å². The van der Waals surface area contributed by atoms with E-state index in [4.69, 9.17) is 5.11 Å². The largest absolute Gasteiger partial charge is 0.480 e. The number of hydrogen-bond acceptors (Lipinski definition) is 4. The molecule has 4 nitrogen and oxygen atoms in total. The Labute approximate surface area is 80.8 Å². The van der Waals surface area contributed by atoms with Gasteiger partial charge in [-0.3, -0.25) is 0 Å². The van der Waals surface area contributed by atoms with Gasteiger partial charge in [0.15, 0.2) is 5.13 Å². The summed E-state index contributed by atoms with van der Waals surface area (Å²) in [6.45, 7) is 3.58. The number of rotatable bonds is 3. The molecule has 72 valence electrons. The number of thiazole rings is 1. The summed E-state index contributed by atoms with van der Waals surface area (Å²) in [5, 5.41) is 9.50. The summed E-state index contributed by atoms with van der Waals surface area (Å²) in [6.07, 6.45) is 1.74. The second-order valence-electron chi connectivity index (χ2n) is 2.88. The molecule has 0 aliphatic heterocycles. The number of aliphatic carboxylic acids is 1. The molecule has 1 heterocycles. The Morgan fingerprint density at radius 1 is 1.77 bits per heavy atom. The lowest BCUT2D eigenvalue weighted by molar-refractivity contribution is -0.138. The highest BCUT2D eigenvalue weighted by Crippen LogP contribution is 2.21. The van der Waals surface area contributed by atoms with Gasteiger partial charge in [-0.1, -0.05) is 0 Å².